The van der Waals surface area contributed by atoms with E-state index in [2.05, 4.69) is 25.8 Å². The topological polar surface area (TPSA) is 77.7 Å². The van der Waals surface area contributed by atoms with Crippen LogP contribution >= 0.6 is 15.9 Å². The summed E-state index contributed by atoms with van der Waals surface area (Å²) in [4.78, 5) is 16.9. The predicted molar refractivity (Wildman–Crippen MR) is 79.4 cm³/mol. The maximum atomic E-state index is 11.0. The van der Waals surface area contributed by atoms with Crippen LogP contribution < -0.4 is 4.90 Å². The number of halogens is 1. The molecule has 0 amide bonds. The van der Waals surface area contributed by atoms with Crippen LogP contribution in [0.4, 0.5) is 11.5 Å². The van der Waals surface area contributed by atoms with Gasteiger partial charge in [-0.1, -0.05) is 0 Å². The first-order valence-electron chi connectivity index (χ1n) is 6.85. The number of hydrogen-bond acceptors (Lipinski definition) is 6. The second kappa shape index (κ2) is 5.51. The summed E-state index contributed by atoms with van der Waals surface area (Å²) >= 11 is 3.44. The second-order valence-corrected chi connectivity index (χ2v) is 6.09. The van der Waals surface area contributed by atoms with Crippen molar-refractivity contribution < 1.29 is 14.4 Å². The lowest BCUT2D eigenvalue weighted by Gasteiger charge is -2.39. The average Bonchev–Trinajstić information content (AvgIpc) is 2.89. The van der Waals surface area contributed by atoms with E-state index in [9.17, 15) is 10.1 Å². The zero-order valence-corrected chi connectivity index (χ0v) is 13.3. The second-order valence-electron chi connectivity index (χ2n) is 5.30. The molecule has 0 saturated carbocycles. The summed E-state index contributed by atoms with van der Waals surface area (Å²) in [6.07, 6.45) is 3.12. The Kier molecular flexibility index (Phi) is 3.85. The van der Waals surface area contributed by atoms with E-state index in [1.807, 2.05) is 0 Å². The lowest BCUT2D eigenvalue weighted by Crippen LogP contribution is -2.49. The molecule has 0 aromatic carbocycles. The van der Waals surface area contributed by atoms with E-state index >= 15 is 0 Å². The van der Waals surface area contributed by atoms with Gasteiger partial charge in [0.1, 0.15) is 12.0 Å². The van der Waals surface area contributed by atoms with Crippen molar-refractivity contribution in [3.63, 3.8) is 0 Å². The van der Waals surface area contributed by atoms with Crippen molar-refractivity contribution in [1.82, 2.24) is 4.98 Å². The first-order chi connectivity index (χ1) is 10.0. The molecule has 1 spiro atoms. The van der Waals surface area contributed by atoms with Crippen LogP contribution in [0, 0.1) is 17.0 Å². The molecule has 2 saturated heterocycles. The summed E-state index contributed by atoms with van der Waals surface area (Å²) in [6.45, 7) is 4.37. The zero-order valence-electron chi connectivity index (χ0n) is 11.7. The number of nitrogens with zero attached hydrogens (tertiary/aromatic N) is 3. The van der Waals surface area contributed by atoms with Crippen LogP contribution in [0.1, 0.15) is 18.4 Å². The molecule has 114 valence electrons. The van der Waals surface area contributed by atoms with Crippen molar-refractivity contribution in [1.29, 1.82) is 0 Å². The minimum atomic E-state index is -0.547. The highest BCUT2D eigenvalue weighted by atomic mass is 79.9. The molecular weight excluding hydrogens is 342 g/mol. The number of rotatable bonds is 2. The molecule has 8 heteroatoms. The minimum Gasteiger partial charge on any atom is -0.350 e. The fourth-order valence-electron chi connectivity index (χ4n) is 2.86. The smallest absolute Gasteiger partial charge is 0.291 e. The number of pyridine rings is 1. The van der Waals surface area contributed by atoms with Gasteiger partial charge in [0.15, 0.2) is 5.79 Å². The Labute approximate surface area is 130 Å². The maximum Gasteiger partial charge on any atom is 0.291 e. The Morgan fingerprint density at radius 2 is 2.19 bits per heavy atom. The Bertz CT molecular complexity index is 575. The first kappa shape index (κ1) is 14.7. The summed E-state index contributed by atoms with van der Waals surface area (Å²) < 4.78 is 12.2. The third-order valence-corrected chi connectivity index (χ3v) is 4.90. The third-order valence-electron chi connectivity index (χ3n) is 3.95. The molecule has 0 N–H and O–H groups in total. The Hall–Kier alpha value is -1.25. The fourth-order valence-corrected chi connectivity index (χ4v) is 3.42. The van der Waals surface area contributed by atoms with Crippen molar-refractivity contribution in [3.8, 4) is 0 Å². The van der Waals surface area contributed by atoms with Crippen LogP contribution in [-0.2, 0) is 9.47 Å². The van der Waals surface area contributed by atoms with E-state index in [4.69, 9.17) is 9.47 Å². The molecule has 0 unspecified atom stereocenters. The fraction of sp³-hybridized carbons (Fsp3) is 0.615. The molecule has 2 aliphatic heterocycles. The van der Waals surface area contributed by atoms with Gasteiger partial charge >= 0.3 is 0 Å². The van der Waals surface area contributed by atoms with Gasteiger partial charge in [-0.2, -0.15) is 0 Å². The largest absolute Gasteiger partial charge is 0.350 e. The van der Waals surface area contributed by atoms with Gasteiger partial charge in [0.25, 0.3) is 5.69 Å². The van der Waals surface area contributed by atoms with E-state index in [1.165, 1.54) is 6.20 Å². The SMILES string of the molecule is Cc1c([N+](=O)[O-])cnc(N2CCCC3(C2)OCCO3)c1Br. The lowest BCUT2D eigenvalue weighted by atomic mass is 10.0. The van der Waals surface area contributed by atoms with Crippen LogP contribution in [-0.4, -0.2) is 42.0 Å². The van der Waals surface area contributed by atoms with Gasteiger partial charge < -0.3 is 14.4 Å². The van der Waals surface area contributed by atoms with E-state index in [0.717, 1.165) is 19.4 Å². The highest BCUT2D eigenvalue weighted by Gasteiger charge is 2.41. The summed E-state index contributed by atoms with van der Waals surface area (Å²) in [7, 11) is 0. The van der Waals surface area contributed by atoms with Crippen molar-refractivity contribution in [2.24, 2.45) is 0 Å². The van der Waals surface area contributed by atoms with E-state index < -0.39 is 10.7 Å². The molecule has 0 aliphatic carbocycles. The maximum absolute atomic E-state index is 11.0. The van der Waals surface area contributed by atoms with Gasteiger partial charge in [-0.3, -0.25) is 10.1 Å². The highest BCUT2D eigenvalue weighted by Crippen LogP contribution is 2.37. The highest BCUT2D eigenvalue weighted by molar-refractivity contribution is 9.10. The van der Waals surface area contributed by atoms with Crippen LogP contribution in [0.15, 0.2) is 10.7 Å². The molecule has 3 rings (SSSR count). The molecule has 21 heavy (non-hydrogen) atoms. The number of anilines is 1. The van der Waals surface area contributed by atoms with Crippen LogP contribution in [0.5, 0.6) is 0 Å². The summed E-state index contributed by atoms with van der Waals surface area (Å²) in [6, 6.07) is 0. The van der Waals surface area contributed by atoms with Gasteiger partial charge in [-0.05, 0) is 29.3 Å². The number of nitro groups is 1. The zero-order chi connectivity index (χ0) is 15.0. The standard InChI is InChI=1S/C13H16BrN3O4/c1-9-10(17(18)19)7-15-12(11(9)14)16-4-2-3-13(8-16)20-5-6-21-13/h7H,2-6,8H2,1H3. The minimum absolute atomic E-state index is 0.0192. The van der Waals surface area contributed by atoms with Gasteiger partial charge in [0.05, 0.1) is 29.2 Å². The van der Waals surface area contributed by atoms with Crippen LogP contribution in [0.2, 0.25) is 0 Å². The molecule has 0 radical (unpaired) electrons. The number of piperidine rings is 1. The van der Waals surface area contributed by atoms with Gasteiger partial charge in [0.2, 0.25) is 0 Å². The number of hydrogen-bond donors (Lipinski definition) is 0. The molecule has 1 aromatic heterocycles. The molecule has 1 aromatic rings. The molecular formula is C13H16BrN3O4. The van der Waals surface area contributed by atoms with Gasteiger partial charge in [-0.15, -0.1) is 0 Å². The van der Waals surface area contributed by atoms with Crippen molar-refractivity contribution in [2.45, 2.75) is 25.6 Å². The number of ether oxygens (including phenoxy) is 2. The third kappa shape index (κ3) is 2.63. The van der Waals surface area contributed by atoms with E-state index in [-0.39, 0.29) is 5.69 Å². The summed E-state index contributed by atoms with van der Waals surface area (Å²) in [5, 5.41) is 11.0. The monoisotopic (exact) mass is 357 g/mol. The molecule has 7 nitrogen and oxygen atoms in total. The van der Waals surface area contributed by atoms with Crippen molar-refractivity contribution in [2.75, 3.05) is 31.2 Å². The summed E-state index contributed by atoms with van der Waals surface area (Å²) in [5.74, 6) is 0.158. The van der Waals surface area contributed by atoms with Gasteiger partial charge in [0, 0.05) is 18.5 Å². The van der Waals surface area contributed by atoms with Crippen molar-refractivity contribution in [3.05, 3.63) is 26.3 Å². The molecule has 2 fully saturated rings. The lowest BCUT2D eigenvalue weighted by molar-refractivity contribution is -0.385. The molecule has 0 atom stereocenters. The van der Waals surface area contributed by atoms with Crippen LogP contribution in [0.25, 0.3) is 0 Å². The Balaban J connectivity index is 1.90. The van der Waals surface area contributed by atoms with Crippen LogP contribution in [0.3, 0.4) is 0 Å². The Morgan fingerprint density at radius 3 is 2.86 bits per heavy atom. The average molecular weight is 358 g/mol. The quantitative estimate of drug-likeness (QED) is 0.597. The summed E-state index contributed by atoms with van der Waals surface area (Å²) in [5.41, 5.74) is 0.601. The Morgan fingerprint density at radius 1 is 1.48 bits per heavy atom. The molecule has 3 heterocycles. The molecule has 0 bridgehead atoms. The van der Waals surface area contributed by atoms with Crippen molar-refractivity contribution >= 4 is 27.4 Å². The van der Waals surface area contributed by atoms with Gasteiger partial charge in [-0.25, -0.2) is 4.98 Å². The predicted octanol–water partition coefficient (Wildman–Crippen LogP) is 2.40. The first-order valence-corrected chi connectivity index (χ1v) is 7.64. The van der Waals surface area contributed by atoms with E-state index in [0.29, 0.717) is 35.6 Å². The number of aromatic nitrogens is 1. The normalized spacial score (nSPS) is 21.0. The molecule has 2 aliphatic rings. The van der Waals surface area contributed by atoms with E-state index in [1.54, 1.807) is 6.92 Å².